The van der Waals surface area contributed by atoms with E-state index in [0.29, 0.717) is 16.1 Å². The number of halogens is 2. The lowest BCUT2D eigenvalue weighted by Gasteiger charge is -2.35. The third-order valence-corrected chi connectivity index (χ3v) is 9.64. The second-order valence-corrected chi connectivity index (χ2v) is 14.1. The number of carbonyl (C=O) groups excluding carboxylic acids is 2. The van der Waals surface area contributed by atoms with Crippen molar-refractivity contribution in [3.8, 4) is 0 Å². The zero-order chi connectivity index (χ0) is 32.7. The monoisotopic (exact) mass is 674 g/mol. The molecule has 1 aliphatic carbocycles. The van der Waals surface area contributed by atoms with Crippen molar-refractivity contribution in [1.29, 1.82) is 0 Å². The van der Waals surface area contributed by atoms with Gasteiger partial charge in [-0.2, -0.15) is 0 Å². The quantitative estimate of drug-likeness (QED) is 0.183. The molecule has 4 rings (SSSR count). The standard InChI is InChI=1S/C32H36Cl2N4O6S/c1-22-13-16-27(38(41)42)19-29(22)37(45(2,43)44)21-31(39)36(20-24-14-15-25(33)18-28(24)34)30(17-23-9-5-3-6-10-23)32(40)35-26-11-7-4-8-12-26/h3,5-6,9-10,13-16,18-19,26,30H,4,7-8,11-12,17,20-21H2,1-2H3,(H,35,40)/t30-/m0/s1. The van der Waals surface area contributed by atoms with Gasteiger partial charge in [0.1, 0.15) is 12.6 Å². The molecule has 1 saturated carbocycles. The molecule has 1 fully saturated rings. The second-order valence-electron chi connectivity index (χ2n) is 11.3. The van der Waals surface area contributed by atoms with Crippen LogP contribution in [0.4, 0.5) is 11.4 Å². The molecule has 0 heterocycles. The van der Waals surface area contributed by atoms with Crippen molar-refractivity contribution in [3.63, 3.8) is 0 Å². The van der Waals surface area contributed by atoms with E-state index in [0.717, 1.165) is 54.3 Å². The summed E-state index contributed by atoms with van der Waals surface area (Å²) in [6.07, 6.45) is 5.81. The van der Waals surface area contributed by atoms with Crippen LogP contribution in [0.25, 0.3) is 0 Å². The van der Waals surface area contributed by atoms with Crippen LogP contribution in [0.15, 0.2) is 66.7 Å². The van der Waals surface area contributed by atoms with Crippen LogP contribution in [-0.4, -0.2) is 54.9 Å². The molecule has 2 amide bonds. The molecule has 3 aromatic carbocycles. The Balaban J connectivity index is 1.78. The molecule has 0 aliphatic heterocycles. The highest BCUT2D eigenvalue weighted by Gasteiger charge is 2.35. The molecule has 3 aromatic rings. The first-order chi connectivity index (χ1) is 21.3. The van der Waals surface area contributed by atoms with Crippen molar-refractivity contribution in [2.75, 3.05) is 17.1 Å². The van der Waals surface area contributed by atoms with Crippen molar-refractivity contribution >= 4 is 56.4 Å². The minimum Gasteiger partial charge on any atom is -0.352 e. The zero-order valence-corrected chi connectivity index (χ0v) is 27.4. The summed E-state index contributed by atoms with van der Waals surface area (Å²) in [5.74, 6) is -1.04. The lowest BCUT2D eigenvalue weighted by Crippen LogP contribution is -2.55. The normalized spacial score (nSPS) is 14.4. The first-order valence-electron chi connectivity index (χ1n) is 14.6. The molecule has 1 N–H and O–H groups in total. The van der Waals surface area contributed by atoms with Gasteiger partial charge in [-0.25, -0.2) is 8.42 Å². The summed E-state index contributed by atoms with van der Waals surface area (Å²) in [7, 11) is -4.11. The maximum atomic E-state index is 14.4. The molecule has 0 aromatic heterocycles. The maximum Gasteiger partial charge on any atom is 0.271 e. The summed E-state index contributed by atoms with van der Waals surface area (Å²) in [6, 6.07) is 16.8. The predicted molar refractivity (Wildman–Crippen MR) is 176 cm³/mol. The van der Waals surface area contributed by atoms with E-state index in [1.54, 1.807) is 19.1 Å². The first kappa shape index (κ1) is 34.2. The summed E-state index contributed by atoms with van der Waals surface area (Å²) in [5, 5.41) is 15.3. The average molecular weight is 676 g/mol. The fraction of sp³-hybridized carbons (Fsp3) is 0.375. The molecule has 10 nitrogen and oxygen atoms in total. The number of aryl methyl sites for hydroxylation is 1. The Labute approximate surface area is 273 Å². The number of nitrogens with zero attached hydrogens (tertiary/aromatic N) is 3. The van der Waals surface area contributed by atoms with Gasteiger partial charge in [-0.05, 0) is 48.6 Å². The molecular weight excluding hydrogens is 639 g/mol. The molecule has 240 valence electrons. The molecule has 13 heteroatoms. The molecule has 0 spiro atoms. The first-order valence-corrected chi connectivity index (χ1v) is 17.2. The summed E-state index contributed by atoms with van der Waals surface area (Å²) >= 11 is 12.7. The Bertz CT molecular complexity index is 1650. The maximum absolute atomic E-state index is 14.4. The lowest BCUT2D eigenvalue weighted by atomic mass is 9.94. The Hall–Kier alpha value is -3.67. The molecule has 1 atom stereocenters. The van der Waals surface area contributed by atoms with Crippen LogP contribution >= 0.6 is 23.2 Å². The molecule has 0 radical (unpaired) electrons. The highest BCUT2D eigenvalue weighted by Crippen LogP contribution is 2.29. The zero-order valence-electron chi connectivity index (χ0n) is 25.1. The van der Waals surface area contributed by atoms with Gasteiger partial charge in [-0.15, -0.1) is 0 Å². The van der Waals surface area contributed by atoms with Gasteiger partial charge in [-0.3, -0.25) is 24.0 Å². The molecule has 0 saturated heterocycles. The highest BCUT2D eigenvalue weighted by molar-refractivity contribution is 7.92. The molecule has 0 bridgehead atoms. The van der Waals surface area contributed by atoms with Crippen molar-refractivity contribution in [1.82, 2.24) is 10.2 Å². The number of nitrogens with one attached hydrogen (secondary N) is 1. The number of amides is 2. The van der Waals surface area contributed by atoms with Crippen LogP contribution in [-0.2, 0) is 32.6 Å². The van der Waals surface area contributed by atoms with Gasteiger partial charge in [0, 0.05) is 41.2 Å². The number of carbonyl (C=O) groups is 2. The Morgan fingerprint density at radius 2 is 1.71 bits per heavy atom. The van der Waals surface area contributed by atoms with Gasteiger partial charge in [0.15, 0.2) is 0 Å². The van der Waals surface area contributed by atoms with Crippen LogP contribution in [0.2, 0.25) is 10.0 Å². The van der Waals surface area contributed by atoms with Gasteiger partial charge in [0.25, 0.3) is 5.69 Å². The van der Waals surface area contributed by atoms with E-state index in [9.17, 15) is 28.1 Å². The van der Waals surface area contributed by atoms with E-state index < -0.39 is 33.4 Å². The van der Waals surface area contributed by atoms with Crippen molar-refractivity contribution in [3.05, 3.63) is 104 Å². The van der Waals surface area contributed by atoms with Crippen LogP contribution in [0, 0.1) is 17.0 Å². The van der Waals surface area contributed by atoms with Gasteiger partial charge in [0.05, 0.1) is 16.9 Å². The minimum absolute atomic E-state index is 0.00390. The molecular formula is C32H36Cl2N4O6S. The fourth-order valence-electron chi connectivity index (χ4n) is 5.51. The minimum atomic E-state index is -4.11. The molecule has 45 heavy (non-hydrogen) atoms. The Morgan fingerprint density at radius 1 is 1.02 bits per heavy atom. The Kier molecular flexibility index (Phi) is 11.5. The van der Waals surface area contributed by atoms with E-state index in [2.05, 4.69) is 5.32 Å². The largest absolute Gasteiger partial charge is 0.352 e. The summed E-state index contributed by atoms with van der Waals surface area (Å²) in [6.45, 7) is 0.785. The topological polar surface area (TPSA) is 130 Å². The number of rotatable bonds is 12. The fourth-order valence-corrected chi connectivity index (χ4v) is 6.87. The van der Waals surface area contributed by atoms with E-state index in [-0.39, 0.29) is 41.3 Å². The van der Waals surface area contributed by atoms with Gasteiger partial charge in [-0.1, -0.05) is 84.9 Å². The van der Waals surface area contributed by atoms with Crippen molar-refractivity contribution < 1.29 is 22.9 Å². The lowest BCUT2D eigenvalue weighted by molar-refractivity contribution is -0.384. The average Bonchev–Trinajstić information content (AvgIpc) is 2.99. The highest BCUT2D eigenvalue weighted by atomic mass is 35.5. The number of benzene rings is 3. The summed E-state index contributed by atoms with van der Waals surface area (Å²) in [5.41, 5.74) is 1.40. The van der Waals surface area contributed by atoms with Gasteiger partial charge < -0.3 is 10.2 Å². The Morgan fingerprint density at radius 3 is 2.33 bits per heavy atom. The number of sulfonamides is 1. The van der Waals surface area contributed by atoms with E-state index in [4.69, 9.17) is 23.2 Å². The van der Waals surface area contributed by atoms with Crippen molar-refractivity contribution in [2.45, 2.75) is 64.1 Å². The smallest absolute Gasteiger partial charge is 0.271 e. The van der Waals surface area contributed by atoms with E-state index in [1.807, 2.05) is 30.3 Å². The van der Waals surface area contributed by atoms with Crippen LogP contribution in [0.1, 0.15) is 48.8 Å². The SMILES string of the molecule is Cc1ccc([N+](=O)[O-])cc1N(CC(=O)N(Cc1ccc(Cl)cc1Cl)[C@@H](Cc1ccccc1)C(=O)NC1CCCCC1)S(C)(=O)=O. The van der Waals surface area contributed by atoms with E-state index in [1.165, 1.54) is 23.1 Å². The number of hydrogen-bond acceptors (Lipinski definition) is 6. The second kappa shape index (κ2) is 15.1. The predicted octanol–water partition coefficient (Wildman–Crippen LogP) is 6.07. The van der Waals surface area contributed by atoms with Crippen LogP contribution < -0.4 is 9.62 Å². The number of non-ortho nitro benzene ring substituents is 1. The van der Waals surface area contributed by atoms with Crippen molar-refractivity contribution in [2.24, 2.45) is 0 Å². The van der Waals surface area contributed by atoms with Crippen LogP contribution in [0.3, 0.4) is 0 Å². The number of anilines is 1. The van der Waals surface area contributed by atoms with Gasteiger partial charge in [0.2, 0.25) is 21.8 Å². The van der Waals surface area contributed by atoms with Crippen LogP contribution in [0.5, 0.6) is 0 Å². The number of nitro benzene ring substituents is 1. The molecule has 1 aliphatic rings. The third-order valence-electron chi connectivity index (χ3n) is 7.93. The third kappa shape index (κ3) is 9.18. The van der Waals surface area contributed by atoms with E-state index >= 15 is 0 Å². The summed E-state index contributed by atoms with van der Waals surface area (Å²) < 4.78 is 27.0. The molecule has 0 unspecified atom stereocenters. The number of hydrogen-bond donors (Lipinski definition) is 1. The number of nitro groups is 1. The van der Waals surface area contributed by atoms with Gasteiger partial charge >= 0.3 is 0 Å². The summed E-state index contributed by atoms with van der Waals surface area (Å²) in [4.78, 5) is 40.6.